The smallest absolute Gasteiger partial charge is 0.235 e. The van der Waals surface area contributed by atoms with Crippen molar-refractivity contribution in [1.82, 2.24) is 14.9 Å². The Morgan fingerprint density at radius 3 is 2.55 bits per heavy atom. The van der Waals surface area contributed by atoms with Gasteiger partial charge in [-0.25, -0.2) is 9.97 Å². The Morgan fingerprint density at radius 2 is 1.83 bits per heavy atom. The lowest BCUT2D eigenvalue weighted by atomic mass is 9.67. The topological polar surface area (TPSA) is 93.7 Å². The van der Waals surface area contributed by atoms with Crippen LogP contribution in [0.5, 0.6) is 0 Å². The number of hydrogen-bond acceptors (Lipinski definition) is 5. The summed E-state index contributed by atoms with van der Waals surface area (Å²) in [6.07, 6.45) is 2.40. The second kappa shape index (κ2) is 5.87. The van der Waals surface area contributed by atoms with Crippen LogP contribution < -0.4 is 0 Å². The number of hydrogen-bond donors (Lipinski definition) is 0. The van der Waals surface area contributed by atoms with Crippen LogP contribution in [0.2, 0.25) is 0 Å². The molecular formula is C23H21N5O. The molecule has 0 N–H and O–H groups in total. The fourth-order valence-electron chi connectivity index (χ4n) is 5.83. The Hall–Kier alpha value is -3.25. The van der Waals surface area contributed by atoms with Gasteiger partial charge in [0.1, 0.15) is 12.1 Å². The van der Waals surface area contributed by atoms with Crippen LogP contribution in [-0.2, 0) is 23.2 Å². The molecule has 144 valence electrons. The quantitative estimate of drug-likeness (QED) is 0.755. The molecule has 2 unspecified atom stereocenters. The van der Waals surface area contributed by atoms with Gasteiger partial charge < -0.3 is 4.90 Å². The van der Waals surface area contributed by atoms with Crippen molar-refractivity contribution in [3.05, 3.63) is 58.2 Å². The molecular weight excluding hydrogens is 362 g/mol. The van der Waals surface area contributed by atoms with E-state index in [0.717, 1.165) is 18.5 Å². The molecule has 2 atom stereocenters. The standard InChI is InChI=1S/C23H21N5O/c1-22(2)16-7-9-23(22,20-19(16)26-17(11-24)18(12-25)27-20)21(29)28-10-8-14-5-3-4-6-15(14)13-28/h3-6,16H,7-10,13H2,1-2H3. The fourth-order valence-corrected chi connectivity index (χ4v) is 5.83. The predicted molar refractivity (Wildman–Crippen MR) is 104 cm³/mol. The van der Waals surface area contributed by atoms with E-state index in [9.17, 15) is 15.3 Å². The predicted octanol–water partition coefficient (Wildman–Crippen LogP) is 2.96. The number of nitriles is 2. The molecule has 1 aliphatic heterocycles. The number of nitrogens with zero attached hydrogens (tertiary/aromatic N) is 5. The minimum absolute atomic E-state index is 0.0192. The molecule has 1 saturated carbocycles. The van der Waals surface area contributed by atoms with E-state index >= 15 is 0 Å². The Kier molecular flexibility index (Phi) is 3.61. The first-order chi connectivity index (χ1) is 13.9. The van der Waals surface area contributed by atoms with E-state index in [1.54, 1.807) is 0 Å². The van der Waals surface area contributed by atoms with Gasteiger partial charge in [-0.1, -0.05) is 38.1 Å². The minimum Gasteiger partial charge on any atom is -0.337 e. The van der Waals surface area contributed by atoms with Crippen molar-refractivity contribution in [1.29, 1.82) is 10.5 Å². The summed E-state index contributed by atoms with van der Waals surface area (Å²) in [6, 6.07) is 12.2. The lowest BCUT2D eigenvalue weighted by molar-refractivity contribution is -0.142. The van der Waals surface area contributed by atoms with Crippen molar-refractivity contribution < 1.29 is 4.79 Å². The van der Waals surface area contributed by atoms with Gasteiger partial charge >= 0.3 is 0 Å². The average Bonchev–Trinajstić information content (AvgIpc) is 3.12. The molecule has 1 amide bonds. The van der Waals surface area contributed by atoms with Crippen LogP contribution in [0.25, 0.3) is 0 Å². The fraction of sp³-hybridized carbons (Fsp3) is 0.435. The normalized spacial score (nSPS) is 25.7. The van der Waals surface area contributed by atoms with E-state index in [0.29, 0.717) is 25.2 Å². The maximum absolute atomic E-state index is 14.0. The van der Waals surface area contributed by atoms with E-state index in [-0.39, 0.29) is 28.6 Å². The highest BCUT2D eigenvalue weighted by Crippen LogP contribution is 2.67. The van der Waals surface area contributed by atoms with Crippen molar-refractivity contribution in [3.8, 4) is 12.1 Å². The first-order valence-electron chi connectivity index (χ1n) is 10.0. The molecule has 2 aliphatic carbocycles. The highest BCUT2D eigenvalue weighted by atomic mass is 16.2. The number of carbonyl (C=O) groups excluding carboxylic acids is 1. The third kappa shape index (κ3) is 2.12. The molecule has 2 bridgehead atoms. The van der Waals surface area contributed by atoms with Gasteiger partial charge in [-0.3, -0.25) is 4.79 Å². The van der Waals surface area contributed by atoms with E-state index < -0.39 is 5.41 Å². The Morgan fingerprint density at radius 1 is 1.14 bits per heavy atom. The van der Waals surface area contributed by atoms with E-state index in [1.807, 2.05) is 29.2 Å². The molecule has 6 heteroatoms. The summed E-state index contributed by atoms with van der Waals surface area (Å²) in [5.41, 5.74) is 2.79. The van der Waals surface area contributed by atoms with Gasteiger partial charge in [0, 0.05) is 19.0 Å². The van der Waals surface area contributed by atoms with Gasteiger partial charge in [0.05, 0.1) is 16.8 Å². The molecule has 1 aromatic carbocycles. The van der Waals surface area contributed by atoms with Gasteiger partial charge in [-0.15, -0.1) is 0 Å². The highest BCUT2D eigenvalue weighted by Gasteiger charge is 2.68. The van der Waals surface area contributed by atoms with Gasteiger partial charge in [0.2, 0.25) is 5.91 Å². The maximum Gasteiger partial charge on any atom is 0.235 e. The van der Waals surface area contributed by atoms with Crippen LogP contribution in [-0.4, -0.2) is 27.3 Å². The molecule has 0 radical (unpaired) electrons. The van der Waals surface area contributed by atoms with E-state index in [2.05, 4.69) is 35.9 Å². The third-order valence-electron chi connectivity index (χ3n) is 7.43. The van der Waals surface area contributed by atoms with Crippen molar-refractivity contribution in [2.75, 3.05) is 6.54 Å². The Balaban J connectivity index is 1.63. The van der Waals surface area contributed by atoms with Crippen molar-refractivity contribution in [3.63, 3.8) is 0 Å². The monoisotopic (exact) mass is 383 g/mol. The van der Waals surface area contributed by atoms with Crippen LogP contribution in [0.1, 0.15) is 66.5 Å². The molecule has 2 aromatic rings. The van der Waals surface area contributed by atoms with Gasteiger partial charge in [0.15, 0.2) is 11.4 Å². The zero-order valence-corrected chi connectivity index (χ0v) is 16.6. The number of aromatic nitrogens is 2. The minimum atomic E-state index is -0.786. The van der Waals surface area contributed by atoms with E-state index in [1.165, 1.54) is 11.1 Å². The summed E-state index contributed by atoms with van der Waals surface area (Å²) in [5.74, 6) is 0.159. The molecule has 1 aromatic heterocycles. The first kappa shape index (κ1) is 17.8. The van der Waals surface area contributed by atoms with Gasteiger partial charge in [-0.2, -0.15) is 10.5 Å². The highest BCUT2D eigenvalue weighted by molar-refractivity contribution is 5.91. The lowest BCUT2D eigenvalue weighted by Gasteiger charge is -2.41. The first-order valence-corrected chi connectivity index (χ1v) is 10.0. The molecule has 0 spiro atoms. The summed E-state index contributed by atoms with van der Waals surface area (Å²) in [4.78, 5) is 25.1. The largest absolute Gasteiger partial charge is 0.337 e. The molecule has 29 heavy (non-hydrogen) atoms. The molecule has 6 nitrogen and oxygen atoms in total. The average molecular weight is 383 g/mol. The van der Waals surface area contributed by atoms with Crippen LogP contribution in [0, 0.1) is 28.1 Å². The van der Waals surface area contributed by atoms with Gasteiger partial charge in [0.25, 0.3) is 0 Å². The zero-order valence-electron chi connectivity index (χ0n) is 16.6. The third-order valence-corrected chi connectivity index (χ3v) is 7.43. The SMILES string of the molecule is CC1(C)C2CCC1(C(=O)N1CCc3ccccc3C1)c1nc(C#N)c(C#N)nc12. The summed E-state index contributed by atoms with van der Waals surface area (Å²) in [7, 11) is 0. The van der Waals surface area contributed by atoms with Crippen molar-refractivity contribution in [2.24, 2.45) is 5.41 Å². The second-order valence-corrected chi connectivity index (χ2v) is 8.84. The van der Waals surface area contributed by atoms with E-state index in [4.69, 9.17) is 0 Å². The maximum atomic E-state index is 14.0. The number of rotatable bonds is 1. The number of fused-ring (bicyclic) bond motifs is 6. The van der Waals surface area contributed by atoms with Crippen LogP contribution >= 0.6 is 0 Å². The summed E-state index contributed by atoms with van der Waals surface area (Å²) in [5, 5.41) is 18.8. The molecule has 3 aliphatic rings. The molecule has 1 fully saturated rings. The number of carbonyl (C=O) groups is 1. The van der Waals surface area contributed by atoms with Crippen molar-refractivity contribution in [2.45, 2.75) is 51.0 Å². The molecule has 2 heterocycles. The summed E-state index contributed by atoms with van der Waals surface area (Å²) >= 11 is 0. The van der Waals surface area contributed by atoms with Crippen molar-refractivity contribution >= 4 is 5.91 Å². The molecule has 5 rings (SSSR count). The summed E-state index contributed by atoms with van der Waals surface area (Å²) < 4.78 is 0. The Bertz CT molecular complexity index is 1140. The summed E-state index contributed by atoms with van der Waals surface area (Å²) in [6.45, 7) is 5.51. The number of amides is 1. The van der Waals surface area contributed by atoms with Crippen LogP contribution in [0.4, 0.5) is 0 Å². The van der Waals surface area contributed by atoms with Crippen LogP contribution in [0.3, 0.4) is 0 Å². The molecule has 0 saturated heterocycles. The zero-order chi connectivity index (χ0) is 20.4. The van der Waals surface area contributed by atoms with Crippen LogP contribution in [0.15, 0.2) is 24.3 Å². The number of benzene rings is 1. The Labute approximate surface area is 169 Å². The second-order valence-electron chi connectivity index (χ2n) is 8.84. The lowest BCUT2D eigenvalue weighted by Crippen LogP contribution is -2.52. The van der Waals surface area contributed by atoms with Gasteiger partial charge in [-0.05, 0) is 35.8 Å².